The first-order valence-electron chi connectivity index (χ1n) is 12.2. The average Bonchev–Trinajstić information content (AvgIpc) is 3.27. The number of nitrogens with one attached hydrogen (secondary N) is 2. The van der Waals surface area contributed by atoms with E-state index in [9.17, 15) is 14.7 Å². The number of aromatic nitrogens is 3. The number of carbonyl (C=O) groups excluding carboxylic acids is 1. The first-order valence-corrected chi connectivity index (χ1v) is 12.2. The van der Waals surface area contributed by atoms with Gasteiger partial charge in [-0.3, -0.25) is 5.10 Å². The summed E-state index contributed by atoms with van der Waals surface area (Å²) in [7, 11) is 0. The van der Waals surface area contributed by atoms with Gasteiger partial charge in [-0.2, -0.15) is 0 Å². The Morgan fingerprint density at radius 3 is 2.19 bits per heavy atom. The second kappa shape index (κ2) is 9.52. The summed E-state index contributed by atoms with van der Waals surface area (Å²) < 4.78 is 6.84. The molecule has 0 saturated heterocycles. The van der Waals surface area contributed by atoms with Gasteiger partial charge in [0.25, 0.3) is 0 Å². The maximum atomic E-state index is 12.4. The van der Waals surface area contributed by atoms with Crippen molar-refractivity contribution in [3.8, 4) is 0 Å². The monoisotopic (exact) mass is 497 g/mol. The topological polar surface area (TPSA) is 112 Å². The molecule has 0 fully saturated rings. The SMILES string of the molecule is CCOC(=O)c1ccc(N(C(=O)O)c2c[nH]n3c(NC(C)(C)CC(C)(C)C)c(C(C)(C)C)nc23)cc1. The average molecular weight is 498 g/mol. The number of benzene rings is 1. The van der Waals surface area contributed by atoms with Crippen LogP contribution in [0.3, 0.4) is 0 Å². The van der Waals surface area contributed by atoms with Crippen molar-refractivity contribution in [2.24, 2.45) is 5.41 Å². The Bertz CT molecular complexity index is 1240. The van der Waals surface area contributed by atoms with Crippen LogP contribution in [0.4, 0.5) is 22.0 Å². The number of nitrogens with zero attached hydrogens (tertiary/aromatic N) is 3. The number of hydrogen-bond donors (Lipinski definition) is 3. The number of anilines is 3. The Balaban J connectivity index is 2.10. The zero-order chi connectivity index (χ0) is 27.1. The minimum Gasteiger partial charge on any atom is -0.464 e. The van der Waals surface area contributed by atoms with Gasteiger partial charge in [-0.1, -0.05) is 41.5 Å². The van der Waals surface area contributed by atoms with Gasteiger partial charge in [-0.15, -0.1) is 0 Å². The standard InChI is InChI=1S/C27H39N5O4/c1-10-36-23(33)17-11-13-18(14-12-17)31(24(34)35)19-15-28-32-21(19)29-20(26(5,6)7)22(32)30-27(8,9)16-25(2,3)4/h11-15,28,30H,10,16H2,1-9H3,(H,34,35). The molecule has 0 aliphatic heterocycles. The van der Waals surface area contributed by atoms with Crippen LogP contribution in [0.15, 0.2) is 30.5 Å². The number of H-pyrrole nitrogens is 1. The molecule has 0 saturated carbocycles. The van der Waals surface area contributed by atoms with Gasteiger partial charge in [0.1, 0.15) is 5.69 Å². The van der Waals surface area contributed by atoms with Gasteiger partial charge >= 0.3 is 12.1 Å². The maximum Gasteiger partial charge on any atom is 0.416 e. The van der Waals surface area contributed by atoms with E-state index >= 15 is 0 Å². The Kier molecular flexibility index (Phi) is 7.17. The minimum absolute atomic E-state index is 0.110. The molecular weight excluding hydrogens is 458 g/mol. The van der Waals surface area contributed by atoms with Crippen molar-refractivity contribution in [3.05, 3.63) is 41.7 Å². The van der Waals surface area contributed by atoms with Crippen molar-refractivity contribution in [1.29, 1.82) is 0 Å². The highest BCUT2D eigenvalue weighted by Crippen LogP contribution is 2.38. The number of imidazole rings is 1. The van der Waals surface area contributed by atoms with E-state index in [0.29, 0.717) is 22.6 Å². The molecule has 0 bridgehead atoms. The van der Waals surface area contributed by atoms with Crippen LogP contribution in [0.5, 0.6) is 0 Å². The van der Waals surface area contributed by atoms with Gasteiger partial charge in [0.05, 0.1) is 23.6 Å². The second-order valence-corrected chi connectivity index (χ2v) is 12.0. The minimum atomic E-state index is -1.16. The Morgan fingerprint density at radius 2 is 1.69 bits per heavy atom. The molecule has 36 heavy (non-hydrogen) atoms. The highest BCUT2D eigenvalue weighted by Gasteiger charge is 2.33. The summed E-state index contributed by atoms with van der Waals surface area (Å²) in [4.78, 5) is 30.5. The first-order chi connectivity index (χ1) is 16.5. The number of rotatable bonds is 7. The van der Waals surface area contributed by atoms with E-state index in [1.807, 2.05) is 4.52 Å². The zero-order valence-corrected chi connectivity index (χ0v) is 22.8. The Labute approximate surface area is 212 Å². The Morgan fingerprint density at radius 1 is 1.08 bits per heavy atom. The number of aromatic amines is 1. The lowest BCUT2D eigenvalue weighted by Crippen LogP contribution is -2.36. The molecule has 196 valence electrons. The van der Waals surface area contributed by atoms with Gasteiger partial charge in [-0.25, -0.2) is 24.0 Å². The molecule has 1 amide bonds. The summed E-state index contributed by atoms with van der Waals surface area (Å²) in [5.74, 6) is 0.354. The molecule has 9 nitrogen and oxygen atoms in total. The van der Waals surface area contributed by atoms with E-state index < -0.39 is 12.1 Å². The van der Waals surface area contributed by atoms with E-state index in [0.717, 1.165) is 22.8 Å². The van der Waals surface area contributed by atoms with E-state index in [1.54, 1.807) is 37.4 Å². The van der Waals surface area contributed by atoms with E-state index in [4.69, 9.17) is 9.72 Å². The van der Waals surface area contributed by atoms with Crippen molar-refractivity contribution >= 4 is 34.9 Å². The first kappa shape index (κ1) is 27.1. The number of carboxylic acid groups (broad SMARTS) is 1. The zero-order valence-electron chi connectivity index (χ0n) is 22.8. The Hall–Kier alpha value is -3.49. The van der Waals surface area contributed by atoms with Gasteiger partial charge in [0.2, 0.25) is 0 Å². The third-order valence-electron chi connectivity index (χ3n) is 5.65. The summed E-state index contributed by atoms with van der Waals surface area (Å²) in [5, 5.41) is 17.0. The third kappa shape index (κ3) is 5.83. The van der Waals surface area contributed by atoms with Crippen LogP contribution in [0.1, 0.15) is 84.8 Å². The number of carbonyl (C=O) groups is 2. The number of esters is 1. The molecule has 0 unspecified atom stereocenters. The number of fused-ring (bicyclic) bond motifs is 1. The molecule has 3 N–H and O–H groups in total. The maximum absolute atomic E-state index is 12.4. The van der Waals surface area contributed by atoms with Crippen molar-refractivity contribution in [3.63, 3.8) is 0 Å². The van der Waals surface area contributed by atoms with Crippen molar-refractivity contribution in [2.45, 2.75) is 79.7 Å². The molecule has 9 heteroatoms. The summed E-state index contributed by atoms with van der Waals surface area (Å²) in [6.45, 7) is 19.2. The largest absolute Gasteiger partial charge is 0.464 e. The fourth-order valence-corrected chi connectivity index (χ4v) is 4.72. The molecule has 0 spiro atoms. The molecule has 0 radical (unpaired) electrons. The molecule has 0 aliphatic carbocycles. The molecule has 0 aliphatic rings. The van der Waals surface area contributed by atoms with Gasteiger partial charge in [0.15, 0.2) is 11.5 Å². The molecule has 2 heterocycles. The van der Waals surface area contributed by atoms with Crippen LogP contribution >= 0.6 is 0 Å². The van der Waals surface area contributed by atoms with Crippen LogP contribution in [0.25, 0.3) is 5.65 Å². The van der Waals surface area contributed by atoms with Crippen LogP contribution < -0.4 is 10.2 Å². The number of amides is 1. The molecule has 2 aromatic heterocycles. The summed E-state index contributed by atoms with van der Waals surface area (Å²) in [6.07, 6.45) is 1.38. The highest BCUT2D eigenvalue weighted by molar-refractivity contribution is 5.99. The van der Waals surface area contributed by atoms with Gasteiger partial charge in [-0.05, 0) is 56.9 Å². The lowest BCUT2D eigenvalue weighted by Gasteiger charge is -2.34. The molecule has 1 aromatic carbocycles. The van der Waals surface area contributed by atoms with Crippen molar-refractivity contribution in [2.75, 3.05) is 16.8 Å². The predicted octanol–water partition coefficient (Wildman–Crippen LogP) is 6.58. The normalized spacial score (nSPS) is 12.6. The molecular formula is C27H39N5O4. The quantitative estimate of drug-likeness (QED) is 0.318. The third-order valence-corrected chi connectivity index (χ3v) is 5.65. The summed E-state index contributed by atoms with van der Waals surface area (Å²) in [6, 6.07) is 6.29. The summed E-state index contributed by atoms with van der Waals surface area (Å²) in [5.41, 5.74) is 2.03. The van der Waals surface area contributed by atoms with Gasteiger partial charge in [0, 0.05) is 17.2 Å². The molecule has 3 rings (SSSR count). The van der Waals surface area contributed by atoms with Crippen LogP contribution in [-0.2, 0) is 10.2 Å². The van der Waals surface area contributed by atoms with Gasteiger partial charge < -0.3 is 15.2 Å². The van der Waals surface area contributed by atoms with E-state index in [-0.39, 0.29) is 23.0 Å². The molecule has 3 aromatic rings. The fourth-order valence-electron chi connectivity index (χ4n) is 4.72. The van der Waals surface area contributed by atoms with Crippen LogP contribution in [-0.4, -0.2) is 43.9 Å². The second-order valence-electron chi connectivity index (χ2n) is 12.0. The van der Waals surface area contributed by atoms with Crippen LogP contribution in [0.2, 0.25) is 0 Å². The van der Waals surface area contributed by atoms with Crippen molar-refractivity contribution < 1.29 is 19.4 Å². The number of hydrogen-bond acceptors (Lipinski definition) is 5. The number of ether oxygens (including phenoxy) is 1. The van der Waals surface area contributed by atoms with E-state index in [1.165, 1.54) is 0 Å². The van der Waals surface area contributed by atoms with E-state index in [2.05, 4.69) is 65.8 Å². The van der Waals surface area contributed by atoms with Crippen molar-refractivity contribution in [1.82, 2.24) is 14.6 Å². The highest BCUT2D eigenvalue weighted by atomic mass is 16.5. The lowest BCUT2D eigenvalue weighted by atomic mass is 9.81. The van der Waals surface area contributed by atoms with Crippen LogP contribution in [0, 0.1) is 5.41 Å². The molecule has 0 atom stereocenters. The fraction of sp³-hybridized carbons (Fsp3) is 0.519. The predicted molar refractivity (Wildman–Crippen MR) is 143 cm³/mol. The summed E-state index contributed by atoms with van der Waals surface area (Å²) >= 11 is 0. The smallest absolute Gasteiger partial charge is 0.416 e. The lowest BCUT2D eigenvalue weighted by molar-refractivity contribution is 0.0526.